The molecule has 0 spiro atoms. The van der Waals surface area contributed by atoms with Crippen LogP contribution in [0.25, 0.3) is 0 Å². The number of likely N-dealkylation sites (tertiary alicyclic amines) is 1. The Labute approximate surface area is 189 Å². The summed E-state index contributed by atoms with van der Waals surface area (Å²) in [6, 6.07) is 8.01. The second-order valence-electron chi connectivity index (χ2n) is 8.36. The van der Waals surface area contributed by atoms with Crippen LogP contribution < -0.4 is 4.90 Å². The standard InChI is InChI=1S/C24H32N4O4/c1-31-16-17-32-18-27-15-11-25-24(27)20-8-12-26(13-9-20)22(29)6-7-23(30)28-14-10-19-4-2-3-5-21(19)28/h2-5,11,15,20H,6-10,12-14,16-18H2,1H3. The first-order valence-corrected chi connectivity index (χ1v) is 11.4. The molecule has 2 aliphatic heterocycles. The summed E-state index contributed by atoms with van der Waals surface area (Å²) >= 11 is 0. The number of para-hydroxylation sites is 1. The van der Waals surface area contributed by atoms with Crippen molar-refractivity contribution in [3.05, 3.63) is 48.0 Å². The van der Waals surface area contributed by atoms with Gasteiger partial charge in [-0.3, -0.25) is 9.59 Å². The summed E-state index contributed by atoms with van der Waals surface area (Å²) in [6.45, 7) is 3.67. The van der Waals surface area contributed by atoms with Crippen LogP contribution in [0.4, 0.5) is 5.69 Å². The third-order valence-corrected chi connectivity index (χ3v) is 6.36. The van der Waals surface area contributed by atoms with E-state index in [2.05, 4.69) is 11.1 Å². The number of amides is 2. The topological polar surface area (TPSA) is 76.9 Å². The molecule has 3 heterocycles. The Kier molecular flexibility index (Phi) is 7.55. The molecule has 0 radical (unpaired) electrons. The molecular formula is C24H32N4O4. The molecule has 2 aromatic rings. The van der Waals surface area contributed by atoms with Gasteiger partial charge in [-0.25, -0.2) is 4.98 Å². The van der Waals surface area contributed by atoms with Crippen LogP contribution in [-0.2, 0) is 32.2 Å². The van der Waals surface area contributed by atoms with Gasteiger partial charge >= 0.3 is 0 Å². The van der Waals surface area contributed by atoms with Gasteiger partial charge in [-0.2, -0.15) is 0 Å². The molecule has 0 atom stereocenters. The van der Waals surface area contributed by atoms with E-state index in [1.165, 1.54) is 5.56 Å². The van der Waals surface area contributed by atoms with Gasteiger partial charge in [0.1, 0.15) is 12.6 Å². The van der Waals surface area contributed by atoms with Gasteiger partial charge in [-0.05, 0) is 30.9 Å². The van der Waals surface area contributed by atoms with Gasteiger partial charge in [0.05, 0.1) is 13.2 Å². The number of hydrogen-bond donors (Lipinski definition) is 0. The zero-order valence-electron chi connectivity index (χ0n) is 18.7. The van der Waals surface area contributed by atoms with E-state index in [1.807, 2.05) is 38.8 Å². The highest BCUT2D eigenvalue weighted by Gasteiger charge is 2.28. The fourth-order valence-corrected chi connectivity index (χ4v) is 4.59. The molecule has 172 valence electrons. The minimum absolute atomic E-state index is 0.0358. The number of nitrogens with zero attached hydrogens (tertiary/aromatic N) is 4. The zero-order chi connectivity index (χ0) is 22.3. The van der Waals surface area contributed by atoms with Crippen LogP contribution in [0, 0.1) is 0 Å². The van der Waals surface area contributed by atoms with Crippen LogP contribution in [0.15, 0.2) is 36.7 Å². The van der Waals surface area contributed by atoms with Crippen molar-refractivity contribution < 1.29 is 19.1 Å². The maximum Gasteiger partial charge on any atom is 0.227 e. The van der Waals surface area contributed by atoms with Crippen LogP contribution in [0.3, 0.4) is 0 Å². The van der Waals surface area contributed by atoms with Crippen molar-refractivity contribution in [1.82, 2.24) is 14.5 Å². The lowest BCUT2D eigenvalue weighted by Crippen LogP contribution is -2.39. The molecule has 0 N–H and O–H groups in total. The van der Waals surface area contributed by atoms with Crippen LogP contribution in [-0.4, -0.2) is 66.2 Å². The molecule has 1 saturated heterocycles. The highest BCUT2D eigenvalue weighted by atomic mass is 16.5. The molecule has 0 bridgehead atoms. The summed E-state index contributed by atoms with van der Waals surface area (Å²) in [4.78, 5) is 33.7. The minimum atomic E-state index is 0.0358. The van der Waals surface area contributed by atoms with E-state index < -0.39 is 0 Å². The van der Waals surface area contributed by atoms with Crippen molar-refractivity contribution in [3.63, 3.8) is 0 Å². The fourth-order valence-electron chi connectivity index (χ4n) is 4.59. The van der Waals surface area contributed by atoms with Crippen molar-refractivity contribution in [2.24, 2.45) is 0 Å². The number of rotatable bonds is 9. The van der Waals surface area contributed by atoms with E-state index in [1.54, 1.807) is 13.3 Å². The van der Waals surface area contributed by atoms with Crippen LogP contribution in [0.5, 0.6) is 0 Å². The molecule has 0 unspecified atom stereocenters. The van der Waals surface area contributed by atoms with E-state index >= 15 is 0 Å². The van der Waals surface area contributed by atoms with Crippen LogP contribution >= 0.6 is 0 Å². The number of carbonyl (C=O) groups excluding carboxylic acids is 2. The number of benzene rings is 1. The fraction of sp³-hybridized carbons (Fsp3) is 0.542. The number of piperidine rings is 1. The average molecular weight is 441 g/mol. The lowest BCUT2D eigenvalue weighted by molar-refractivity contribution is -0.134. The Morgan fingerprint density at radius 1 is 1.06 bits per heavy atom. The molecule has 4 rings (SSSR count). The van der Waals surface area contributed by atoms with Gasteiger partial charge in [0.15, 0.2) is 0 Å². The SMILES string of the molecule is COCCOCn1ccnc1C1CCN(C(=O)CCC(=O)N2CCc3ccccc32)CC1. The molecule has 8 heteroatoms. The smallest absolute Gasteiger partial charge is 0.227 e. The number of hydrogen-bond acceptors (Lipinski definition) is 5. The Morgan fingerprint density at radius 3 is 2.66 bits per heavy atom. The number of methoxy groups -OCH3 is 1. The molecule has 0 saturated carbocycles. The van der Waals surface area contributed by atoms with Crippen molar-refractivity contribution in [2.75, 3.05) is 44.9 Å². The van der Waals surface area contributed by atoms with Crippen molar-refractivity contribution in [3.8, 4) is 0 Å². The second kappa shape index (κ2) is 10.7. The van der Waals surface area contributed by atoms with Gasteiger partial charge in [0.2, 0.25) is 11.8 Å². The molecule has 1 fully saturated rings. The van der Waals surface area contributed by atoms with Crippen molar-refractivity contribution in [2.45, 2.75) is 44.8 Å². The van der Waals surface area contributed by atoms with Gasteiger partial charge < -0.3 is 23.8 Å². The number of ether oxygens (including phenoxy) is 2. The third-order valence-electron chi connectivity index (χ3n) is 6.36. The summed E-state index contributed by atoms with van der Waals surface area (Å²) in [7, 11) is 1.66. The predicted molar refractivity (Wildman–Crippen MR) is 120 cm³/mol. The first kappa shape index (κ1) is 22.5. The van der Waals surface area contributed by atoms with Crippen molar-refractivity contribution >= 4 is 17.5 Å². The van der Waals surface area contributed by atoms with Gasteiger partial charge in [0.25, 0.3) is 0 Å². The minimum Gasteiger partial charge on any atom is -0.382 e. The molecule has 0 aliphatic carbocycles. The Balaban J connectivity index is 1.22. The number of carbonyl (C=O) groups is 2. The number of aromatic nitrogens is 2. The van der Waals surface area contributed by atoms with E-state index in [0.717, 1.165) is 30.8 Å². The number of anilines is 1. The lowest BCUT2D eigenvalue weighted by Gasteiger charge is -2.32. The summed E-state index contributed by atoms with van der Waals surface area (Å²) in [5.41, 5.74) is 2.20. The highest BCUT2D eigenvalue weighted by molar-refractivity contribution is 5.97. The van der Waals surface area contributed by atoms with Gasteiger partial charge in [0, 0.05) is 63.6 Å². The maximum atomic E-state index is 12.7. The quantitative estimate of drug-likeness (QED) is 0.560. The summed E-state index contributed by atoms with van der Waals surface area (Å²) in [5.74, 6) is 1.42. The highest BCUT2D eigenvalue weighted by Crippen LogP contribution is 2.29. The predicted octanol–water partition coefficient (Wildman–Crippen LogP) is 2.58. The van der Waals surface area contributed by atoms with E-state index in [0.29, 0.717) is 45.5 Å². The lowest BCUT2D eigenvalue weighted by atomic mass is 9.95. The monoisotopic (exact) mass is 440 g/mol. The molecule has 2 aliphatic rings. The van der Waals surface area contributed by atoms with Crippen LogP contribution in [0.2, 0.25) is 0 Å². The average Bonchev–Trinajstić information content (AvgIpc) is 3.47. The second-order valence-corrected chi connectivity index (χ2v) is 8.36. The number of imidazole rings is 1. The molecule has 2 amide bonds. The summed E-state index contributed by atoms with van der Waals surface area (Å²) in [6.07, 6.45) is 6.88. The van der Waals surface area contributed by atoms with Gasteiger partial charge in [-0.1, -0.05) is 18.2 Å². The largest absolute Gasteiger partial charge is 0.382 e. The third kappa shape index (κ3) is 5.19. The summed E-state index contributed by atoms with van der Waals surface area (Å²) in [5, 5.41) is 0. The number of fused-ring (bicyclic) bond motifs is 1. The maximum absolute atomic E-state index is 12.7. The van der Waals surface area contributed by atoms with E-state index in [9.17, 15) is 9.59 Å². The van der Waals surface area contributed by atoms with Crippen LogP contribution in [0.1, 0.15) is 43.0 Å². The normalized spacial score (nSPS) is 16.4. The zero-order valence-corrected chi connectivity index (χ0v) is 18.7. The van der Waals surface area contributed by atoms with E-state index in [-0.39, 0.29) is 24.7 Å². The molecule has 8 nitrogen and oxygen atoms in total. The first-order valence-electron chi connectivity index (χ1n) is 11.4. The summed E-state index contributed by atoms with van der Waals surface area (Å²) < 4.78 is 12.7. The molecular weight excluding hydrogens is 408 g/mol. The Hall–Kier alpha value is -2.71. The Morgan fingerprint density at radius 2 is 1.84 bits per heavy atom. The van der Waals surface area contributed by atoms with E-state index in [4.69, 9.17) is 9.47 Å². The molecule has 32 heavy (non-hydrogen) atoms. The molecule has 1 aromatic heterocycles. The van der Waals surface area contributed by atoms with Gasteiger partial charge in [-0.15, -0.1) is 0 Å². The molecule has 1 aromatic carbocycles. The first-order chi connectivity index (χ1) is 15.7. The Bertz CT molecular complexity index is 920. The van der Waals surface area contributed by atoms with Crippen molar-refractivity contribution in [1.29, 1.82) is 0 Å².